The maximum Gasteiger partial charge on any atom is 0.446 e. The van der Waals surface area contributed by atoms with Crippen molar-refractivity contribution in [2.45, 2.75) is 44.6 Å². The molecule has 0 unspecified atom stereocenters. The Balaban J connectivity index is 1.78. The number of hydrogen-bond donors (Lipinski definition) is 0. The molecule has 8 heteroatoms. The maximum absolute atomic E-state index is 12.9. The summed E-state index contributed by atoms with van der Waals surface area (Å²) in [7, 11) is 0. The smallest absolute Gasteiger partial charge is 0.410 e. The molecule has 37 heavy (non-hydrogen) atoms. The van der Waals surface area contributed by atoms with Gasteiger partial charge in [-0.15, -0.1) is 0 Å². The van der Waals surface area contributed by atoms with E-state index in [1.165, 1.54) is 6.07 Å². The molecular formula is C29H29F3N2O2S. The van der Waals surface area contributed by atoms with Gasteiger partial charge in [-0.25, -0.2) is 4.79 Å². The minimum atomic E-state index is -4.33. The number of aryl methyl sites for hydroxylation is 2. The lowest BCUT2D eigenvalue weighted by molar-refractivity contribution is -0.0328. The fourth-order valence-corrected chi connectivity index (χ4v) is 5.19. The fourth-order valence-electron chi connectivity index (χ4n) is 4.57. The van der Waals surface area contributed by atoms with Gasteiger partial charge in [0.25, 0.3) is 0 Å². The zero-order valence-corrected chi connectivity index (χ0v) is 22.0. The monoisotopic (exact) mass is 526 g/mol. The number of carbonyl (C=O) groups excluding carboxylic acids is 1. The molecule has 0 radical (unpaired) electrons. The number of hydrogen-bond acceptors (Lipinski definition) is 3. The predicted molar refractivity (Wildman–Crippen MR) is 143 cm³/mol. The second kappa shape index (κ2) is 10.9. The van der Waals surface area contributed by atoms with Crippen LogP contribution in [0.4, 0.5) is 18.0 Å². The van der Waals surface area contributed by atoms with Gasteiger partial charge in [-0.05, 0) is 80.9 Å². The number of aromatic nitrogens is 1. The van der Waals surface area contributed by atoms with Crippen molar-refractivity contribution >= 4 is 28.8 Å². The first-order chi connectivity index (χ1) is 17.6. The number of rotatable bonds is 7. The Bertz CT molecular complexity index is 1400. The maximum atomic E-state index is 12.9. The van der Waals surface area contributed by atoms with Gasteiger partial charge in [0, 0.05) is 47.2 Å². The fraction of sp³-hybridized carbons (Fsp3) is 0.276. The van der Waals surface area contributed by atoms with E-state index in [1.54, 1.807) is 23.1 Å². The third-order valence-corrected chi connectivity index (χ3v) is 6.85. The summed E-state index contributed by atoms with van der Waals surface area (Å²) in [6.07, 6.45) is 1.50. The number of alkyl halides is 3. The average molecular weight is 527 g/mol. The Morgan fingerprint density at radius 2 is 1.68 bits per heavy atom. The third kappa shape index (κ3) is 6.31. The van der Waals surface area contributed by atoms with E-state index in [4.69, 9.17) is 4.74 Å². The zero-order valence-electron chi connectivity index (χ0n) is 21.2. The molecule has 0 fully saturated rings. The first kappa shape index (κ1) is 26.7. The molecule has 1 aromatic heterocycles. The minimum Gasteiger partial charge on any atom is -0.410 e. The van der Waals surface area contributed by atoms with Gasteiger partial charge >= 0.3 is 11.6 Å². The molecule has 4 nitrogen and oxygen atoms in total. The number of benzene rings is 3. The molecule has 4 rings (SSSR count). The highest BCUT2D eigenvalue weighted by Crippen LogP contribution is 2.40. The molecule has 0 atom stereocenters. The van der Waals surface area contributed by atoms with Gasteiger partial charge in [0.15, 0.2) is 0 Å². The van der Waals surface area contributed by atoms with Gasteiger partial charge in [-0.2, -0.15) is 13.2 Å². The standard InChI is InChI=1S/C29H29F3N2O2S/c1-5-33(6-2)28(35)36-26-11-10-25-24(27(26)22-15-19(3)14-20(4)16-22)12-13-34(25)18-21-8-7-9-23(17-21)37-29(30,31)32/h7-17H,5-6,18H2,1-4H3. The van der Waals surface area contributed by atoms with E-state index in [9.17, 15) is 18.0 Å². The van der Waals surface area contributed by atoms with Gasteiger partial charge in [0.2, 0.25) is 0 Å². The molecule has 0 bridgehead atoms. The Hall–Kier alpha value is -3.39. The van der Waals surface area contributed by atoms with E-state index in [1.807, 2.05) is 56.7 Å². The summed E-state index contributed by atoms with van der Waals surface area (Å²) in [5.41, 5.74) is 1.25. The Morgan fingerprint density at radius 1 is 0.973 bits per heavy atom. The molecule has 0 spiro atoms. The number of halogens is 3. The van der Waals surface area contributed by atoms with E-state index in [0.29, 0.717) is 25.4 Å². The molecule has 0 saturated heterocycles. The quantitative estimate of drug-likeness (QED) is 0.227. The molecule has 0 aliphatic carbocycles. The lowest BCUT2D eigenvalue weighted by atomic mass is 9.97. The van der Waals surface area contributed by atoms with Crippen molar-refractivity contribution in [1.29, 1.82) is 0 Å². The molecule has 194 valence electrons. The highest BCUT2D eigenvalue weighted by molar-refractivity contribution is 8.00. The third-order valence-electron chi connectivity index (χ3n) is 6.13. The number of fused-ring (bicyclic) bond motifs is 1. The number of amides is 1. The first-order valence-corrected chi connectivity index (χ1v) is 12.9. The van der Waals surface area contributed by atoms with Gasteiger partial charge in [0.05, 0.1) is 0 Å². The summed E-state index contributed by atoms with van der Waals surface area (Å²) in [5.74, 6) is 0.468. The topological polar surface area (TPSA) is 34.5 Å². The summed E-state index contributed by atoms with van der Waals surface area (Å²) in [5, 5.41) is 0.899. The normalized spacial score (nSPS) is 11.6. The van der Waals surface area contributed by atoms with Crippen LogP contribution in [-0.4, -0.2) is 34.2 Å². The van der Waals surface area contributed by atoms with Crippen LogP contribution in [0.3, 0.4) is 0 Å². The molecule has 3 aromatic carbocycles. The van der Waals surface area contributed by atoms with Gasteiger partial charge in [0.1, 0.15) is 5.75 Å². The number of ether oxygens (including phenoxy) is 1. The molecule has 0 saturated carbocycles. The molecular weight excluding hydrogens is 497 g/mol. The van der Waals surface area contributed by atoms with Crippen molar-refractivity contribution in [3.05, 3.63) is 83.6 Å². The van der Waals surface area contributed by atoms with Crippen LogP contribution in [0.1, 0.15) is 30.5 Å². The van der Waals surface area contributed by atoms with Crippen LogP contribution in [0, 0.1) is 13.8 Å². The van der Waals surface area contributed by atoms with E-state index in [2.05, 4.69) is 18.2 Å². The van der Waals surface area contributed by atoms with Crippen molar-refractivity contribution in [2.75, 3.05) is 13.1 Å². The van der Waals surface area contributed by atoms with Crippen LogP contribution in [0.2, 0.25) is 0 Å². The first-order valence-electron chi connectivity index (χ1n) is 12.1. The van der Waals surface area contributed by atoms with E-state index in [-0.39, 0.29) is 16.7 Å². The Kier molecular flexibility index (Phi) is 7.87. The van der Waals surface area contributed by atoms with Crippen molar-refractivity contribution < 1.29 is 22.7 Å². The van der Waals surface area contributed by atoms with Crippen LogP contribution in [0.25, 0.3) is 22.0 Å². The molecule has 0 N–H and O–H groups in total. The SMILES string of the molecule is CCN(CC)C(=O)Oc1ccc2c(ccn2Cc2cccc(SC(F)(F)F)c2)c1-c1cc(C)cc(C)c1. The average Bonchev–Trinajstić information content (AvgIpc) is 3.20. The van der Waals surface area contributed by atoms with E-state index in [0.717, 1.165) is 38.7 Å². The molecule has 1 heterocycles. The molecule has 1 amide bonds. The summed E-state index contributed by atoms with van der Waals surface area (Å²) < 4.78 is 46.5. The van der Waals surface area contributed by atoms with Gasteiger partial charge < -0.3 is 14.2 Å². The summed E-state index contributed by atoms with van der Waals surface area (Å²) in [6, 6.07) is 18.3. The molecule has 0 aliphatic rings. The van der Waals surface area contributed by atoms with Gasteiger partial charge in [-0.1, -0.05) is 41.5 Å². The van der Waals surface area contributed by atoms with E-state index < -0.39 is 11.6 Å². The Labute approximate surface area is 219 Å². The van der Waals surface area contributed by atoms with Crippen LogP contribution < -0.4 is 4.74 Å². The number of nitrogens with zero attached hydrogens (tertiary/aromatic N) is 2. The van der Waals surface area contributed by atoms with Crippen LogP contribution in [0.5, 0.6) is 5.75 Å². The highest BCUT2D eigenvalue weighted by atomic mass is 32.2. The minimum absolute atomic E-state index is 0.115. The molecule has 4 aromatic rings. The van der Waals surface area contributed by atoms with Crippen molar-refractivity contribution in [3.8, 4) is 16.9 Å². The predicted octanol–water partition coefficient (Wildman–Crippen LogP) is 8.43. The number of carbonyl (C=O) groups is 1. The number of thioether (sulfide) groups is 1. The summed E-state index contributed by atoms with van der Waals surface area (Å²) >= 11 is -0.115. The second-order valence-corrected chi connectivity index (χ2v) is 10.1. The Morgan fingerprint density at radius 3 is 2.32 bits per heavy atom. The van der Waals surface area contributed by atoms with Crippen LogP contribution in [-0.2, 0) is 6.54 Å². The lowest BCUT2D eigenvalue weighted by Gasteiger charge is -2.20. The second-order valence-electron chi connectivity index (χ2n) is 8.93. The zero-order chi connectivity index (χ0) is 26.7. The highest BCUT2D eigenvalue weighted by Gasteiger charge is 2.29. The lowest BCUT2D eigenvalue weighted by Crippen LogP contribution is -2.33. The van der Waals surface area contributed by atoms with Crippen molar-refractivity contribution in [2.24, 2.45) is 0 Å². The van der Waals surface area contributed by atoms with Crippen molar-refractivity contribution in [3.63, 3.8) is 0 Å². The van der Waals surface area contributed by atoms with Crippen LogP contribution in [0.15, 0.2) is 71.8 Å². The van der Waals surface area contributed by atoms with Crippen LogP contribution >= 0.6 is 11.8 Å². The largest absolute Gasteiger partial charge is 0.446 e. The summed E-state index contributed by atoms with van der Waals surface area (Å²) in [6.45, 7) is 9.34. The van der Waals surface area contributed by atoms with E-state index >= 15 is 0 Å². The van der Waals surface area contributed by atoms with Gasteiger partial charge in [-0.3, -0.25) is 0 Å². The molecule has 0 aliphatic heterocycles. The summed E-state index contributed by atoms with van der Waals surface area (Å²) in [4.78, 5) is 14.6. The van der Waals surface area contributed by atoms with Crippen molar-refractivity contribution in [1.82, 2.24) is 9.47 Å².